The topological polar surface area (TPSA) is 112 Å². The largest absolute Gasteiger partial charge is 0.480 e. The average Bonchev–Trinajstić information content (AvgIpc) is 2.62. The number of carbonyl (C=O) groups is 2. The first-order valence-electron chi connectivity index (χ1n) is 7.61. The third-order valence-corrected chi connectivity index (χ3v) is 3.80. The zero-order chi connectivity index (χ0) is 17.8. The maximum absolute atomic E-state index is 12.5. The minimum atomic E-state index is -1.15. The molecular formula is C18H15N3O4. The number of hydrogen-bond donors (Lipinski definition) is 3. The molecule has 0 saturated carbocycles. The summed E-state index contributed by atoms with van der Waals surface area (Å²) in [5.41, 5.74) is 0.357. The van der Waals surface area contributed by atoms with Crippen LogP contribution in [-0.4, -0.2) is 33.2 Å². The van der Waals surface area contributed by atoms with E-state index in [0.29, 0.717) is 10.8 Å². The lowest BCUT2D eigenvalue weighted by Crippen LogP contribution is -2.43. The Morgan fingerprint density at radius 3 is 2.36 bits per heavy atom. The van der Waals surface area contributed by atoms with Gasteiger partial charge in [0.2, 0.25) is 0 Å². The zero-order valence-electron chi connectivity index (χ0n) is 13.1. The number of benzene rings is 2. The fourth-order valence-corrected chi connectivity index (χ4v) is 2.56. The highest BCUT2D eigenvalue weighted by atomic mass is 16.4. The molecule has 0 aliphatic rings. The molecule has 1 atom stereocenters. The van der Waals surface area contributed by atoms with Gasteiger partial charge in [-0.1, -0.05) is 48.5 Å². The lowest BCUT2D eigenvalue weighted by molar-refractivity contribution is -0.139. The number of aromatic amines is 1. The number of amides is 1. The van der Waals surface area contributed by atoms with E-state index in [0.717, 1.165) is 5.56 Å². The molecule has 7 nitrogen and oxygen atoms in total. The molecule has 0 spiro atoms. The zero-order valence-corrected chi connectivity index (χ0v) is 13.1. The summed E-state index contributed by atoms with van der Waals surface area (Å²) in [6.07, 6.45) is 0.142. The molecular weight excluding hydrogens is 322 g/mol. The first kappa shape index (κ1) is 16.4. The predicted molar refractivity (Wildman–Crippen MR) is 91.4 cm³/mol. The number of carboxylic acids is 1. The first-order valence-corrected chi connectivity index (χ1v) is 7.61. The second kappa shape index (κ2) is 6.96. The molecule has 1 heterocycles. The Kier molecular flexibility index (Phi) is 4.56. The Morgan fingerprint density at radius 1 is 1.04 bits per heavy atom. The van der Waals surface area contributed by atoms with Crippen molar-refractivity contribution in [3.63, 3.8) is 0 Å². The van der Waals surface area contributed by atoms with E-state index < -0.39 is 23.5 Å². The van der Waals surface area contributed by atoms with E-state index in [9.17, 15) is 19.5 Å². The van der Waals surface area contributed by atoms with Crippen molar-refractivity contribution in [1.82, 2.24) is 15.5 Å². The Hall–Kier alpha value is -3.48. The van der Waals surface area contributed by atoms with Crippen molar-refractivity contribution in [2.24, 2.45) is 0 Å². The van der Waals surface area contributed by atoms with E-state index in [1.54, 1.807) is 48.5 Å². The molecule has 3 rings (SSSR count). The van der Waals surface area contributed by atoms with E-state index in [1.807, 2.05) is 6.07 Å². The minimum absolute atomic E-state index is 0.0190. The molecule has 1 aromatic heterocycles. The molecule has 0 aliphatic carbocycles. The number of H-pyrrole nitrogens is 1. The molecule has 2 aromatic carbocycles. The summed E-state index contributed by atoms with van der Waals surface area (Å²) in [6, 6.07) is 14.4. The first-order chi connectivity index (χ1) is 12.1. The SMILES string of the molecule is O=C(N[C@H](Cc1ccccc1)C(=O)O)c1n[nH]c(=O)c2ccccc12. The van der Waals surface area contributed by atoms with Gasteiger partial charge in [0.25, 0.3) is 11.5 Å². The van der Waals surface area contributed by atoms with Crippen LogP contribution < -0.4 is 10.9 Å². The van der Waals surface area contributed by atoms with Gasteiger partial charge in [-0.15, -0.1) is 0 Å². The van der Waals surface area contributed by atoms with Crippen molar-refractivity contribution < 1.29 is 14.7 Å². The van der Waals surface area contributed by atoms with Crippen LogP contribution in [0.1, 0.15) is 16.1 Å². The van der Waals surface area contributed by atoms with Gasteiger partial charge in [0.05, 0.1) is 5.39 Å². The third kappa shape index (κ3) is 3.55. The molecule has 3 aromatic rings. The second-order valence-corrected chi connectivity index (χ2v) is 5.50. The molecule has 0 bridgehead atoms. The van der Waals surface area contributed by atoms with Gasteiger partial charge in [0.15, 0.2) is 5.69 Å². The highest BCUT2D eigenvalue weighted by Crippen LogP contribution is 2.13. The van der Waals surface area contributed by atoms with Gasteiger partial charge in [-0.3, -0.25) is 9.59 Å². The van der Waals surface area contributed by atoms with Gasteiger partial charge in [-0.2, -0.15) is 5.10 Å². The molecule has 0 unspecified atom stereocenters. The van der Waals surface area contributed by atoms with Gasteiger partial charge in [-0.05, 0) is 11.6 Å². The number of carboxylic acid groups (broad SMARTS) is 1. The summed E-state index contributed by atoms with van der Waals surface area (Å²) in [6.45, 7) is 0. The standard InChI is InChI=1S/C18H15N3O4/c22-16-13-9-5-4-8-12(13)15(20-21-16)17(23)19-14(18(24)25)10-11-6-2-1-3-7-11/h1-9,14H,10H2,(H,19,23)(H,21,22)(H,24,25)/t14-/m1/s1. The average molecular weight is 337 g/mol. The monoisotopic (exact) mass is 337 g/mol. The number of rotatable bonds is 5. The lowest BCUT2D eigenvalue weighted by Gasteiger charge is -2.15. The molecule has 0 radical (unpaired) electrons. The summed E-state index contributed by atoms with van der Waals surface area (Å²) in [5, 5.41) is 18.6. The van der Waals surface area contributed by atoms with Crippen LogP contribution in [0.5, 0.6) is 0 Å². The van der Waals surface area contributed by atoms with E-state index in [2.05, 4.69) is 15.5 Å². The molecule has 126 valence electrons. The number of hydrogen-bond acceptors (Lipinski definition) is 4. The van der Waals surface area contributed by atoms with Gasteiger partial charge in [0, 0.05) is 11.8 Å². The maximum Gasteiger partial charge on any atom is 0.326 e. The summed E-state index contributed by atoms with van der Waals surface area (Å²) in [5.74, 6) is -1.80. The maximum atomic E-state index is 12.5. The smallest absolute Gasteiger partial charge is 0.326 e. The number of aliphatic carboxylic acids is 1. The molecule has 1 amide bonds. The quantitative estimate of drug-likeness (QED) is 0.650. The second-order valence-electron chi connectivity index (χ2n) is 5.50. The Bertz CT molecular complexity index is 982. The lowest BCUT2D eigenvalue weighted by atomic mass is 10.1. The Balaban J connectivity index is 1.89. The van der Waals surface area contributed by atoms with E-state index in [4.69, 9.17) is 0 Å². The van der Waals surface area contributed by atoms with E-state index in [-0.39, 0.29) is 12.1 Å². The van der Waals surface area contributed by atoms with Gasteiger partial charge in [0.1, 0.15) is 6.04 Å². The van der Waals surface area contributed by atoms with Crippen molar-refractivity contribution in [3.8, 4) is 0 Å². The molecule has 0 aliphatic heterocycles. The van der Waals surface area contributed by atoms with Crippen LogP contribution in [0.15, 0.2) is 59.4 Å². The molecule has 7 heteroatoms. The van der Waals surface area contributed by atoms with Crippen molar-refractivity contribution in [2.45, 2.75) is 12.5 Å². The highest BCUT2D eigenvalue weighted by Gasteiger charge is 2.23. The van der Waals surface area contributed by atoms with Crippen molar-refractivity contribution in [1.29, 1.82) is 0 Å². The third-order valence-electron chi connectivity index (χ3n) is 3.80. The minimum Gasteiger partial charge on any atom is -0.480 e. The Labute approximate surface area is 142 Å². The van der Waals surface area contributed by atoms with Crippen LogP contribution in [-0.2, 0) is 11.2 Å². The summed E-state index contributed by atoms with van der Waals surface area (Å²) in [4.78, 5) is 35.8. The van der Waals surface area contributed by atoms with Gasteiger partial charge in [-0.25, -0.2) is 9.89 Å². The summed E-state index contributed by atoms with van der Waals surface area (Å²) >= 11 is 0. The fraction of sp³-hybridized carbons (Fsp3) is 0.111. The van der Waals surface area contributed by atoms with Gasteiger partial charge >= 0.3 is 5.97 Å². The molecule has 25 heavy (non-hydrogen) atoms. The highest BCUT2D eigenvalue weighted by molar-refractivity contribution is 6.05. The van der Waals surface area contributed by atoms with Crippen LogP contribution in [0.2, 0.25) is 0 Å². The number of aromatic nitrogens is 2. The predicted octanol–water partition coefficient (Wildman–Crippen LogP) is 1.35. The van der Waals surface area contributed by atoms with Crippen LogP contribution >= 0.6 is 0 Å². The normalized spacial score (nSPS) is 11.8. The Morgan fingerprint density at radius 2 is 1.68 bits per heavy atom. The number of fused-ring (bicyclic) bond motifs is 1. The van der Waals surface area contributed by atoms with Crippen molar-refractivity contribution in [3.05, 3.63) is 76.2 Å². The summed E-state index contributed by atoms with van der Waals surface area (Å²) in [7, 11) is 0. The van der Waals surface area contributed by atoms with Crippen LogP contribution in [0, 0.1) is 0 Å². The number of carbonyl (C=O) groups excluding carboxylic acids is 1. The van der Waals surface area contributed by atoms with Crippen molar-refractivity contribution >= 4 is 22.6 Å². The fourth-order valence-electron chi connectivity index (χ4n) is 2.56. The van der Waals surface area contributed by atoms with Crippen LogP contribution in [0.25, 0.3) is 10.8 Å². The van der Waals surface area contributed by atoms with Crippen molar-refractivity contribution in [2.75, 3.05) is 0 Å². The number of nitrogens with zero attached hydrogens (tertiary/aromatic N) is 1. The molecule has 0 saturated heterocycles. The van der Waals surface area contributed by atoms with Crippen LogP contribution in [0.4, 0.5) is 0 Å². The van der Waals surface area contributed by atoms with E-state index >= 15 is 0 Å². The van der Waals surface area contributed by atoms with Gasteiger partial charge < -0.3 is 10.4 Å². The summed E-state index contributed by atoms with van der Waals surface area (Å²) < 4.78 is 0. The molecule has 3 N–H and O–H groups in total. The van der Waals surface area contributed by atoms with E-state index in [1.165, 1.54) is 0 Å². The molecule has 0 fully saturated rings. The van der Waals surface area contributed by atoms with Crippen LogP contribution in [0.3, 0.4) is 0 Å². The number of nitrogens with one attached hydrogen (secondary N) is 2.